The molecule has 1 heterocycles. The Balaban J connectivity index is 1.97. The van der Waals surface area contributed by atoms with Crippen molar-refractivity contribution in [1.29, 1.82) is 0 Å². The number of hydrogen-bond donors (Lipinski definition) is 2. The summed E-state index contributed by atoms with van der Waals surface area (Å²) in [6, 6.07) is 5.89. The molecule has 2 unspecified atom stereocenters. The van der Waals surface area contributed by atoms with Crippen molar-refractivity contribution in [2.45, 2.75) is 25.6 Å². The number of ether oxygens (including phenoxy) is 1. The molecule has 110 valence electrons. The summed E-state index contributed by atoms with van der Waals surface area (Å²) >= 11 is 1.67. The van der Waals surface area contributed by atoms with Crippen LogP contribution in [-0.4, -0.2) is 30.2 Å². The van der Waals surface area contributed by atoms with Gasteiger partial charge in [0, 0.05) is 11.6 Å². The summed E-state index contributed by atoms with van der Waals surface area (Å²) in [6.07, 6.45) is 0. The summed E-state index contributed by atoms with van der Waals surface area (Å²) in [6.45, 7) is -1.04. The van der Waals surface area contributed by atoms with E-state index in [4.69, 9.17) is 0 Å². The molecule has 1 amide bonds. The van der Waals surface area contributed by atoms with Crippen molar-refractivity contribution < 1.29 is 18.3 Å². The number of thioether (sulfide) groups is 1. The van der Waals surface area contributed by atoms with Gasteiger partial charge in [-0.25, -0.2) is 0 Å². The lowest BCUT2D eigenvalue weighted by molar-refractivity contribution is -0.123. The lowest BCUT2D eigenvalue weighted by Crippen LogP contribution is -2.42. The van der Waals surface area contributed by atoms with Crippen LogP contribution in [0.15, 0.2) is 24.3 Å². The number of rotatable bonds is 5. The molecule has 0 spiro atoms. The lowest BCUT2D eigenvalue weighted by atomic mass is 10.1. The normalized spacial score (nSPS) is 19.9. The molecule has 1 aromatic rings. The van der Waals surface area contributed by atoms with Crippen LogP contribution < -0.4 is 15.4 Å². The molecule has 0 saturated carbocycles. The summed E-state index contributed by atoms with van der Waals surface area (Å²) in [5.41, 5.74) is 0.724. The first-order valence-corrected chi connectivity index (χ1v) is 7.38. The summed E-state index contributed by atoms with van der Waals surface area (Å²) in [7, 11) is 0. The van der Waals surface area contributed by atoms with Crippen LogP contribution in [0.5, 0.6) is 5.75 Å². The molecule has 1 saturated heterocycles. The average molecular weight is 302 g/mol. The van der Waals surface area contributed by atoms with Gasteiger partial charge in [0.25, 0.3) is 0 Å². The van der Waals surface area contributed by atoms with Crippen molar-refractivity contribution in [1.82, 2.24) is 10.6 Å². The second-order valence-corrected chi connectivity index (χ2v) is 5.48. The van der Waals surface area contributed by atoms with Crippen molar-refractivity contribution >= 4 is 17.7 Å². The number of alkyl halides is 2. The third-order valence-corrected chi connectivity index (χ3v) is 3.91. The molecule has 0 radical (unpaired) electrons. The molecular formula is C13H16F2N2O2S. The molecular weight excluding hydrogens is 286 g/mol. The highest BCUT2D eigenvalue weighted by Gasteiger charge is 2.23. The van der Waals surface area contributed by atoms with Crippen molar-refractivity contribution in [3.8, 4) is 5.75 Å². The zero-order valence-electron chi connectivity index (χ0n) is 10.9. The van der Waals surface area contributed by atoms with E-state index in [2.05, 4.69) is 15.4 Å². The molecule has 0 bridgehead atoms. The first-order valence-electron chi connectivity index (χ1n) is 6.22. The first kappa shape index (κ1) is 15.1. The Hall–Kier alpha value is -1.34. The minimum atomic E-state index is -2.85. The number of hydrogen-bond acceptors (Lipinski definition) is 4. The Morgan fingerprint density at radius 1 is 1.55 bits per heavy atom. The minimum Gasteiger partial charge on any atom is -0.435 e. The van der Waals surface area contributed by atoms with Crippen LogP contribution >= 0.6 is 11.8 Å². The van der Waals surface area contributed by atoms with E-state index >= 15 is 0 Å². The second-order valence-electron chi connectivity index (χ2n) is 4.45. The van der Waals surface area contributed by atoms with Crippen molar-refractivity contribution in [3.63, 3.8) is 0 Å². The zero-order chi connectivity index (χ0) is 14.5. The van der Waals surface area contributed by atoms with Crippen molar-refractivity contribution in [2.75, 3.05) is 11.6 Å². The van der Waals surface area contributed by atoms with E-state index < -0.39 is 6.61 Å². The summed E-state index contributed by atoms with van der Waals surface area (Å²) in [5, 5.41) is 5.94. The maximum Gasteiger partial charge on any atom is 0.387 e. The van der Waals surface area contributed by atoms with E-state index in [1.54, 1.807) is 23.9 Å². The molecule has 2 rings (SSSR count). The van der Waals surface area contributed by atoms with E-state index in [0.29, 0.717) is 0 Å². The van der Waals surface area contributed by atoms with Gasteiger partial charge in [0.2, 0.25) is 5.91 Å². The van der Waals surface area contributed by atoms with E-state index in [0.717, 1.165) is 17.2 Å². The molecule has 1 aromatic carbocycles. The van der Waals surface area contributed by atoms with Gasteiger partial charge in [-0.2, -0.15) is 8.78 Å². The number of benzene rings is 1. The smallest absolute Gasteiger partial charge is 0.387 e. The summed E-state index contributed by atoms with van der Waals surface area (Å²) in [4.78, 5) is 12.0. The first-order chi connectivity index (χ1) is 9.56. The highest BCUT2D eigenvalue weighted by molar-refractivity contribution is 7.99. The van der Waals surface area contributed by atoms with Crippen molar-refractivity contribution in [3.05, 3.63) is 29.8 Å². The van der Waals surface area contributed by atoms with Gasteiger partial charge in [0.1, 0.15) is 5.75 Å². The Morgan fingerprint density at radius 2 is 2.35 bits per heavy atom. The van der Waals surface area contributed by atoms with Crippen LogP contribution in [0.1, 0.15) is 18.5 Å². The van der Waals surface area contributed by atoms with Crippen LogP contribution in [0, 0.1) is 0 Å². The summed E-state index contributed by atoms with van der Waals surface area (Å²) < 4.78 is 28.7. The van der Waals surface area contributed by atoms with Gasteiger partial charge in [0.15, 0.2) is 0 Å². The van der Waals surface area contributed by atoms with Crippen LogP contribution in [0.4, 0.5) is 8.78 Å². The molecule has 1 aliphatic heterocycles. The SMILES string of the molecule is CC(NC(=O)C1CSCN1)c1cccc(OC(F)F)c1. The maximum absolute atomic E-state index is 12.2. The monoisotopic (exact) mass is 302 g/mol. The molecule has 0 aliphatic carbocycles. The van der Waals surface area contributed by atoms with Gasteiger partial charge in [-0.3, -0.25) is 10.1 Å². The predicted molar refractivity (Wildman–Crippen MR) is 73.9 cm³/mol. The highest BCUT2D eigenvalue weighted by atomic mass is 32.2. The Kier molecular flexibility index (Phi) is 5.19. The quantitative estimate of drug-likeness (QED) is 0.875. The maximum atomic E-state index is 12.2. The average Bonchev–Trinajstić information content (AvgIpc) is 2.92. The second kappa shape index (κ2) is 6.90. The van der Waals surface area contributed by atoms with E-state index in [1.807, 2.05) is 6.92 Å². The molecule has 20 heavy (non-hydrogen) atoms. The van der Waals surface area contributed by atoms with Gasteiger partial charge < -0.3 is 10.1 Å². The number of carbonyl (C=O) groups is 1. The Morgan fingerprint density at radius 3 is 3.00 bits per heavy atom. The number of carbonyl (C=O) groups excluding carboxylic acids is 1. The summed E-state index contributed by atoms with van der Waals surface area (Å²) in [5.74, 6) is 1.52. The highest BCUT2D eigenvalue weighted by Crippen LogP contribution is 2.21. The fourth-order valence-corrected chi connectivity index (χ4v) is 2.86. The van der Waals surface area contributed by atoms with Crippen molar-refractivity contribution in [2.24, 2.45) is 0 Å². The van der Waals surface area contributed by atoms with Crippen LogP contribution in [0.2, 0.25) is 0 Å². The number of nitrogens with one attached hydrogen (secondary N) is 2. The molecule has 0 aromatic heterocycles. The van der Waals surface area contributed by atoms with E-state index in [-0.39, 0.29) is 23.7 Å². The molecule has 7 heteroatoms. The van der Waals surface area contributed by atoms with E-state index in [1.165, 1.54) is 12.1 Å². The van der Waals surface area contributed by atoms with Gasteiger partial charge in [-0.05, 0) is 24.6 Å². The Labute approximate surface area is 120 Å². The minimum absolute atomic E-state index is 0.0809. The van der Waals surface area contributed by atoms with Gasteiger partial charge in [0.05, 0.1) is 12.1 Å². The molecule has 2 N–H and O–H groups in total. The number of amides is 1. The van der Waals surface area contributed by atoms with Crippen LogP contribution in [0.3, 0.4) is 0 Å². The van der Waals surface area contributed by atoms with Gasteiger partial charge >= 0.3 is 6.61 Å². The zero-order valence-corrected chi connectivity index (χ0v) is 11.8. The molecule has 1 fully saturated rings. The fourth-order valence-electron chi connectivity index (χ4n) is 1.92. The van der Waals surface area contributed by atoms with Crippen LogP contribution in [-0.2, 0) is 4.79 Å². The van der Waals surface area contributed by atoms with E-state index in [9.17, 15) is 13.6 Å². The predicted octanol–water partition coefficient (Wildman–Crippen LogP) is 2.13. The topological polar surface area (TPSA) is 50.4 Å². The third-order valence-electron chi connectivity index (χ3n) is 2.97. The Bertz CT molecular complexity index is 467. The lowest BCUT2D eigenvalue weighted by Gasteiger charge is -2.18. The number of halogens is 2. The standard InChI is InChI=1S/C13H16F2N2O2S/c1-8(17-12(18)11-6-20-7-16-11)9-3-2-4-10(5-9)19-13(14)15/h2-5,8,11,13,16H,6-7H2,1H3,(H,17,18). The fraction of sp³-hybridized carbons (Fsp3) is 0.462. The largest absolute Gasteiger partial charge is 0.435 e. The molecule has 2 atom stereocenters. The van der Waals surface area contributed by atoms with Crippen LogP contribution in [0.25, 0.3) is 0 Å². The van der Waals surface area contributed by atoms with Gasteiger partial charge in [-0.15, -0.1) is 11.8 Å². The third kappa shape index (κ3) is 4.08. The van der Waals surface area contributed by atoms with Gasteiger partial charge in [-0.1, -0.05) is 12.1 Å². The molecule has 4 nitrogen and oxygen atoms in total. The molecule has 1 aliphatic rings.